The summed E-state index contributed by atoms with van der Waals surface area (Å²) in [6.45, 7) is 1.68. The fourth-order valence-electron chi connectivity index (χ4n) is 2.09. The molecule has 1 heterocycles. The molecule has 0 bridgehead atoms. The largest absolute Gasteiger partial charge is 0.317 e. The van der Waals surface area contributed by atoms with E-state index in [0.29, 0.717) is 5.56 Å². The van der Waals surface area contributed by atoms with Gasteiger partial charge in [0.25, 0.3) is 5.69 Å². The van der Waals surface area contributed by atoms with Gasteiger partial charge in [-0.2, -0.15) is 0 Å². The number of benzene rings is 1. The van der Waals surface area contributed by atoms with Gasteiger partial charge in [0.05, 0.1) is 4.92 Å². The number of non-ortho nitro benzene ring substituents is 1. The van der Waals surface area contributed by atoms with Gasteiger partial charge < -0.3 is 5.32 Å². The maximum absolute atomic E-state index is 13.6. The summed E-state index contributed by atoms with van der Waals surface area (Å²) < 4.78 is 13.6. The number of piperidine rings is 1. The summed E-state index contributed by atoms with van der Waals surface area (Å²) in [4.78, 5) is 10.1. The van der Waals surface area contributed by atoms with Crippen LogP contribution in [0.3, 0.4) is 0 Å². The van der Waals surface area contributed by atoms with E-state index in [1.54, 1.807) is 0 Å². The van der Waals surface area contributed by atoms with Gasteiger partial charge in [-0.15, -0.1) is 0 Å². The van der Waals surface area contributed by atoms with Gasteiger partial charge in [-0.1, -0.05) is 0 Å². The Morgan fingerprint density at radius 2 is 2.06 bits per heavy atom. The zero-order chi connectivity index (χ0) is 11.5. The lowest BCUT2D eigenvalue weighted by atomic mass is 9.89. The van der Waals surface area contributed by atoms with E-state index in [9.17, 15) is 14.5 Å². The van der Waals surface area contributed by atoms with Gasteiger partial charge in [0.15, 0.2) is 0 Å². The van der Waals surface area contributed by atoms with Crippen LogP contribution in [0.2, 0.25) is 0 Å². The molecule has 5 heteroatoms. The Hall–Kier alpha value is -1.49. The highest BCUT2D eigenvalue weighted by Crippen LogP contribution is 2.29. The summed E-state index contributed by atoms with van der Waals surface area (Å²) in [5.74, 6) is -0.237. The van der Waals surface area contributed by atoms with Crippen LogP contribution in [0.1, 0.15) is 24.3 Å². The predicted molar refractivity (Wildman–Crippen MR) is 57.9 cm³/mol. The Labute approximate surface area is 92.6 Å². The van der Waals surface area contributed by atoms with Crippen LogP contribution in [0.15, 0.2) is 18.2 Å². The van der Waals surface area contributed by atoms with Gasteiger partial charge >= 0.3 is 0 Å². The van der Waals surface area contributed by atoms with Crippen molar-refractivity contribution in [1.82, 2.24) is 5.32 Å². The highest BCUT2D eigenvalue weighted by atomic mass is 19.1. The van der Waals surface area contributed by atoms with Crippen molar-refractivity contribution in [1.29, 1.82) is 0 Å². The maximum atomic E-state index is 13.6. The van der Waals surface area contributed by atoms with Crippen LogP contribution in [0, 0.1) is 15.9 Å². The lowest BCUT2D eigenvalue weighted by molar-refractivity contribution is -0.385. The van der Waals surface area contributed by atoms with Crippen LogP contribution in [-0.2, 0) is 0 Å². The summed E-state index contributed by atoms with van der Waals surface area (Å²) in [5, 5.41) is 13.8. The fourth-order valence-corrected chi connectivity index (χ4v) is 2.09. The van der Waals surface area contributed by atoms with Crippen molar-refractivity contribution in [3.05, 3.63) is 39.7 Å². The summed E-state index contributed by atoms with van der Waals surface area (Å²) >= 11 is 0. The minimum atomic E-state index is -0.482. The van der Waals surface area contributed by atoms with Crippen LogP contribution < -0.4 is 5.32 Å². The Morgan fingerprint density at radius 1 is 1.38 bits per heavy atom. The van der Waals surface area contributed by atoms with Gasteiger partial charge in [-0.25, -0.2) is 4.39 Å². The second-order valence-electron chi connectivity index (χ2n) is 3.99. The van der Waals surface area contributed by atoms with Crippen molar-refractivity contribution < 1.29 is 9.31 Å². The number of halogens is 1. The molecule has 1 N–H and O–H groups in total. The number of nitrogens with zero attached hydrogens (tertiary/aromatic N) is 1. The Kier molecular flexibility index (Phi) is 3.14. The monoisotopic (exact) mass is 224 g/mol. The molecular weight excluding hydrogens is 211 g/mol. The number of hydrogen-bond acceptors (Lipinski definition) is 3. The van der Waals surface area contributed by atoms with E-state index < -0.39 is 4.92 Å². The van der Waals surface area contributed by atoms with Gasteiger partial charge in [0, 0.05) is 12.1 Å². The Morgan fingerprint density at radius 3 is 2.69 bits per heavy atom. The summed E-state index contributed by atoms with van der Waals surface area (Å²) in [5.41, 5.74) is 0.450. The molecule has 0 amide bonds. The zero-order valence-electron chi connectivity index (χ0n) is 8.78. The first-order valence-corrected chi connectivity index (χ1v) is 5.33. The van der Waals surface area contributed by atoms with E-state index in [-0.39, 0.29) is 17.4 Å². The molecule has 0 aliphatic carbocycles. The Balaban J connectivity index is 2.30. The highest BCUT2D eigenvalue weighted by Gasteiger charge is 2.21. The van der Waals surface area contributed by atoms with E-state index in [1.165, 1.54) is 18.2 Å². The highest BCUT2D eigenvalue weighted by molar-refractivity contribution is 5.37. The van der Waals surface area contributed by atoms with Crippen LogP contribution in [0.4, 0.5) is 10.1 Å². The second-order valence-corrected chi connectivity index (χ2v) is 3.99. The van der Waals surface area contributed by atoms with E-state index >= 15 is 0 Å². The van der Waals surface area contributed by atoms with E-state index in [2.05, 4.69) is 5.32 Å². The van der Waals surface area contributed by atoms with Crippen LogP contribution in [0.5, 0.6) is 0 Å². The number of nitro groups is 1. The van der Waals surface area contributed by atoms with Crippen LogP contribution >= 0.6 is 0 Å². The number of nitro benzene ring substituents is 1. The molecule has 4 nitrogen and oxygen atoms in total. The number of nitrogens with one attached hydrogen (secondary N) is 1. The minimum Gasteiger partial charge on any atom is -0.317 e. The van der Waals surface area contributed by atoms with Crippen LogP contribution in [0.25, 0.3) is 0 Å². The van der Waals surface area contributed by atoms with Crippen molar-refractivity contribution in [2.24, 2.45) is 0 Å². The lowest BCUT2D eigenvalue weighted by Crippen LogP contribution is -2.27. The first-order chi connectivity index (χ1) is 7.68. The van der Waals surface area contributed by atoms with Crippen molar-refractivity contribution in [3.63, 3.8) is 0 Å². The molecular formula is C11H13FN2O2. The molecule has 1 aliphatic rings. The molecule has 1 aromatic rings. The first-order valence-electron chi connectivity index (χ1n) is 5.33. The predicted octanol–water partition coefficient (Wildman–Crippen LogP) is 2.20. The van der Waals surface area contributed by atoms with Crippen molar-refractivity contribution in [3.8, 4) is 0 Å². The van der Waals surface area contributed by atoms with E-state index in [4.69, 9.17) is 0 Å². The molecule has 1 aliphatic heterocycles. The van der Waals surface area contributed by atoms with E-state index in [1.807, 2.05) is 0 Å². The van der Waals surface area contributed by atoms with Gasteiger partial charge in [-0.05, 0) is 43.5 Å². The third kappa shape index (κ3) is 2.19. The third-order valence-electron chi connectivity index (χ3n) is 2.97. The maximum Gasteiger partial charge on any atom is 0.269 e. The van der Waals surface area contributed by atoms with Gasteiger partial charge in [0.1, 0.15) is 5.82 Å². The topological polar surface area (TPSA) is 55.2 Å². The van der Waals surface area contributed by atoms with Crippen LogP contribution in [-0.4, -0.2) is 18.0 Å². The quantitative estimate of drug-likeness (QED) is 0.619. The molecule has 1 saturated heterocycles. The second kappa shape index (κ2) is 4.57. The molecule has 0 unspecified atom stereocenters. The normalized spacial score (nSPS) is 17.3. The van der Waals surface area contributed by atoms with Gasteiger partial charge in [0.2, 0.25) is 0 Å². The minimum absolute atomic E-state index is 0.0325. The molecule has 16 heavy (non-hydrogen) atoms. The molecule has 0 spiro atoms. The molecule has 0 saturated carbocycles. The molecule has 0 aromatic heterocycles. The van der Waals surface area contributed by atoms with Crippen molar-refractivity contribution >= 4 is 5.69 Å². The molecule has 86 valence electrons. The molecule has 1 fully saturated rings. The zero-order valence-corrected chi connectivity index (χ0v) is 8.78. The lowest BCUT2D eigenvalue weighted by Gasteiger charge is -2.23. The SMILES string of the molecule is O=[N+]([O-])c1ccc(F)c(C2CCNCC2)c1. The average Bonchev–Trinajstić information content (AvgIpc) is 2.30. The third-order valence-corrected chi connectivity index (χ3v) is 2.97. The smallest absolute Gasteiger partial charge is 0.269 e. The molecule has 1 aromatic carbocycles. The molecule has 2 rings (SSSR count). The van der Waals surface area contributed by atoms with Gasteiger partial charge in [-0.3, -0.25) is 10.1 Å². The van der Waals surface area contributed by atoms with Crippen molar-refractivity contribution in [2.45, 2.75) is 18.8 Å². The molecule has 0 radical (unpaired) electrons. The average molecular weight is 224 g/mol. The van der Waals surface area contributed by atoms with Crippen molar-refractivity contribution in [2.75, 3.05) is 13.1 Å². The number of rotatable bonds is 2. The first kappa shape index (κ1) is 11.0. The number of hydrogen-bond donors (Lipinski definition) is 1. The summed E-state index contributed by atoms with van der Waals surface area (Å²) in [7, 11) is 0. The Bertz CT molecular complexity index is 403. The standard InChI is InChI=1S/C11H13FN2O2/c12-11-2-1-9(14(15)16)7-10(11)8-3-5-13-6-4-8/h1-2,7-8,13H,3-6H2. The summed E-state index contributed by atoms with van der Waals surface area (Å²) in [6, 6.07) is 3.76. The fraction of sp³-hybridized carbons (Fsp3) is 0.455. The molecule has 0 atom stereocenters. The van der Waals surface area contributed by atoms with E-state index in [0.717, 1.165) is 25.9 Å². The summed E-state index contributed by atoms with van der Waals surface area (Å²) in [6.07, 6.45) is 1.66.